The SMILES string of the molecule is Cc1cccc(C(=O)N2N=C(C(F)(F)F)CC2(O)c2ccc(Cl)cc2)c1. The highest BCUT2D eigenvalue weighted by Gasteiger charge is 2.53. The lowest BCUT2D eigenvalue weighted by Gasteiger charge is -2.31. The molecule has 0 fully saturated rings. The average Bonchev–Trinajstić information content (AvgIpc) is 2.94. The molecule has 0 spiro atoms. The van der Waals surface area contributed by atoms with Gasteiger partial charge in [0.25, 0.3) is 5.91 Å². The zero-order chi connectivity index (χ0) is 19.1. The van der Waals surface area contributed by atoms with E-state index in [0.717, 1.165) is 5.56 Å². The van der Waals surface area contributed by atoms with Gasteiger partial charge in [0.2, 0.25) is 0 Å². The summed E-state index contributed by atoms with van der Waals surface area (Å²) in [4.78, 5) is 12.8. The molecule has 1 atom stereocenters. The van der Waals surface area contributed by atoms with Gasteiger partial charge in [-0.05, 0) is 31.2 Å². The summed E-state index contributed by atoms with van der Waals surface area (Å²) in [6.07, 6.45) is -5.63. The highest BCUT2D eigenvalue weighted by atomic mass is 35.5. The topological polar surface area (TPSA) is 52.9 Å². The highest BCUT2D eigenvalue weighted by molar-refractivity contribution is 6.30. The van der Waals surface area contributed by atoms with Crippen molar-refractivity contribution in [2.75, 3.05) is 0 Å². The molecule has 2 aromatic rings. The maximum atomic E-state index is 13.2. The van der Waals surface area contributed by atoms with Crippen molar-refractivity contribution < 1.29 is 23.1 Å². The van der Waals surface area contributed by atoms with E-state index in [1.54, 1.807) is 19.1 Å². The maximum absolute atomic E-state index is 13.2. The van der Waals surface area contributed by atoms with Crippen molar-refractivity contribution in [2.24, 2.45) is 5.10 Å². The number of hydrogen-bond donors (Lipinski definition) is 1. The van der Waals surface area contributed by atoms with Gasteiger partial charge in [0.1, 0.15) is 5.71 Å². The fraction of sp³-hybridized carbons (Fsp3) is 0.222. The van der Waals surface area contributed by atoms with Crippen LogP contribution in [0.5, 0.6) is 0 Å². The van der Waals surface area contributed by atoms with Crippen LogP contribution in [-0.2, 0) is 5.72 Å². The van der Waals surface area contributed by atoms with Crippen LogP contribution in [0.3, 0.4) is 0 Å². The molecule has 4 nitrogen and oxygen atoms in total. The molecule has 136 valence electrons. The van der Waals surface area contributed by atoms with Gasteiger partial charge < -0.3 is 5.11 Å². The molecule has 2 aromatic carbocycles. The summed E-state index contributed by atoms with van der Waals surface area (Å²) in [7, 11) is 0. The Labute approximate surface area is 152 Å². The van der Waals surface area contributed by atoms with Gasteiger partial charge in [-0.25, -0.2) is 0 Å². The zero-order valence-corrected chi connectivity index (χ0v) is 14.3. The Bertz CT molecular complexity index is 881. The number of rotatable bonds is 2. The van der Waals surface area contributed by atoms with E-state index in [2.05, 4.69) is 5.10 Å². The van der Waals surface area contributed by atoms with Gasteiger partial charge in [0, 0.05) is 16.1 Å². The van der Waals surface area contributed by atoms with Crippen molar-refractivity contribution >= 4 is 23.2 Å². The second-order valence-corrected chi connectivity index (χ2v) is 6.47. The summed E-state index contributed by atoms with van der Waals surface area (Å²) >= 11 is 5.81. The van der Waals surface area contributed by atoms with Crippen LogP contribution >= 0.6 is 11.6 Å². The fourth-order valence-electron chi connectivity index (χ4n) is 2.76. The van der Waals surface area contributed by atoms with Crippen LogP contribution in [0.2, 0.25) is 5.02 Å². The molecular weight excluding hydrogens is 369 g/mol. The minimum Gasteiger partial charge on any atom is -0.365 e. The van der Waals surface area contributed by atoms with Crippen LogP contribution < -0.4 is 0 Å². The Morgan fingerprint density at radius 3 is 2.46 bits per heavy atom. The average molecular weight is 383 g/mol. The normalized spacial score (nSPS) is 20.2. The number of hydrazone groups is 1. The molecule has 1 heterocycles. The van der Waals surface area contributed by atoms with Gasteiger partial charge in [0.15, 0.2) is 5.72 Å². The van der Waals surface area contributed by atoms with Crippen molar-refractivity contribution in [3.63, 3.8) is 0 Å². The van der Waals surface area contributed by atoms with Crippen LogP contribution in [0.25, 0.3) is 0 Å². The number of alkyl halides is 3. The highest BCUT2D eigenvalue weighted by Crippen LogP contribution is 2.40. The lowest BCUT2D eigenvalue weighted by atomic mass is 9.96. The van der Waals surface area contributed by atoms with E-state index in [0.29, 0.717) is 10.0 Å². The molecule has 8 heteroatoms. The smallest absolute Gasteiger partial charge is 0.365 e. The summed E-state index contributed by atoms with van der Waals surface area (Å²) in [5, 5.41) is 15.2. The molecule has 1 amide bonds. The minimum absolute atomic E-state index is 0.0888. The van der Waals surface area contributed by atoms with Gasteiger partial charge in [-0.1, -0.05) is 41.4 Å². The van der Waals surface area contributed by atoms with Gasteiger partial charge in [-0.2, -0.15) is 23.3 Å². The van der Waals surface area contributed by atoms with E-state index in [1.165, 1.54) is 36.4 Å². The van der Waals surface area contributed by atoms with E-state index in [-0.39, 0.29) is 11.1 Å². The number of carbonyl (C=O) groups excluding carboxylic acids is 1. The second kappa shape index (κ2) is 6.41. The summed E-state index contributed by atoms with van der Waals surface area (Å²) < 4.78 is 39.6. The van der Waals surface area contributed by atoms with E-state index in [1.807, 2.05) is 0 Å². The summed E-state index contributed by atoms with van der Waals surface area (Å²) in [6.45, 7) is 1.75. The van der Waals surface area contributed by atoms with Gasteiger partial charge in [-0.15, -0.1) is 0 Å². The summed E-state index contributed by atoms with van der Waals surface area (Å²) in [5.41, 5.74) is -2.51. The second-order valence-electron chi connectivity index (χ2n) is 6.03. The molecule has 0 aliphatic carbocycles. The Morgan fingerprint density at radius 1 is 1.23 bits per heavy atom. The third-order valence-corrected chi connectivity index (χ3v) is 4.33. The minimum atomic E-state index is -4.76. The number of amides is 1. The number of halogens is 4. The van der Waals surface area contributed by atoms with Crippen molar-refractivity contribution in [3.05, 3.63) is 70.2 Å². The van der Waals surface area contributed by atoms with Gasteiger partial charge >= 0.3 is 6.18 Å². The molecule has 26 heavy (non-hydrogen) atoms. The molecule has 1 aliphatic heterocycles. The van der Waals surface area contributed by atoms with Gasteiger partial charge in [0.05, 0.1) is 6.42 Å². The molecule has 0 saturated carbocycles. The first kappa shape index (κ1) is 18.4. The Balaban J connectivity index is 2.08. The Hall–Kier alpha value is -2.38. The van der Waals surface area contributed by atoms with Crippen molar-refractivity contribution in [3.8, 4) is 0 Å². The molecule has 1 N–H and O–H groups in total. The zero-order valence-electron chi connectivity index (χ0n) is 13.6. The van der Waals surface area contributed by atoms with Crippen molar-refractivity contribution in [2.45, 2.75) is 25.2 Å². The maximum Gasteiger partial charge on any atom is 0.431 e. The quantitative estimate of drug-likeness (QED) is 0.843. The van der Waals surface area contributed by atoms with E-state index in [4.69, 9.17) is 11.6 Å². The molecule has 1 aliphatic rings. The molecule has 1 unspecified atom stereocenters. The third kappa shape index (κ3) is 3.32. The number of aliphatic hydroxyl groups is 1. The van der Waals surface area contributed by atoms with Crippen LogP contribution in [0, 0.1) is 6.92 Å². The lowest BCUT2D eigenvalue weighted by molar-refractivity contribution is -0.0816. The summed E-state index contributed by atoms with van der Waals surface area (Å²) in [6, 6.07) is 11.9. The monoisotopic (exact) mass is 382 g/mol. The molecular formula is C18H14ClF3N2O2. The van der Waals surface area contributed by atoms with Crippen molar-refractivity contribution in [1.29, 1.82) is 0 Å². The predicted octanol–water partition coefficient (Wildman–Crippen LogP) is 4.26. The fourth-order valence-corrected chi connectivity index (χ4v) is 2.88. The van der Waals surface area contributed by atoms with Crippen LogP contribution in [0.1, 0.15) is 27.9 Å². The Morgan fingerprint density at radius 2 is 1.88 bits per heavy atom. The third-order valence-electron chi connectivity index (χ3n) is 4.08. The number of benzene rings is 2. The van der Waals surface area contributed by atoms with Gasteiger partial charge in [-0.3, -0.25) is 4.79 Å². The number of carbonyl (C=O) groups is 1. The molecule has 3 rings (SSSR count). The standard InChI is InChI=1S/C18H14ClF3N2O2/c1-11-3-2-4-12(9-11)16(25)24-17(26,10-15(23-24)18(20,21)22)13-5-7-14(19)8-6-13/h2-9,26H,10H2,1H3. The first-order chi connectivity index (χ1) is 12.1. The van der Waals surface area contributed by atoms with E-state index < -0.39 is 29.9 Å². The number of aryl methyl sites for hydroxylation is 1. The Kier molecular flexibility index (Phi) is 4.54. The largest absolute Gasteiger partial charge is 0.431 e. The summed E-state index contributed by atoms with van der Waals surface area (Å²) in [5.74, 6) is -0.828. The molecule has 0 aromatic heterocycles. The molecule has 0 bridgehead atoms. The predicted molar refractivity (Wildman–Crippen MR) is 90.8 cm³/mol. The first-order valence-corrected chi connectivity index (χ1v) is 8.03. The van der Waals surface area contributed by atoms with E-state index >= 15 is 0 Å². The van der Waals surface area contributed by atoms with Crippen LogP contribution in [0.15, 0.2) is 53.6 Å². The van der Waals surface area contributed by atoms with Crippen LogP contribution in [-0.4, -0.2) is 27.9 Å². The van der Waals surface area contributed by atoms with Crippen molar-refractivity contribution in [1.82, 2.24) is 5.01 Å². The lowest BCUT2D eigenvalue weighted by Crippen LogP contribution is -2.43. The van der Waals surface area contributed by atoms with E-state index in [9.17, 15) is 23.1 Å². The molecule has 0 radical (unpaired) electrons. The van der Waals surface area contributed by atoms with Crippen LogP contribution in [0.4, 0.5) is 13.2 Å². The number of hydrogen-bond acceptors (Lipinski definition) is 3. The molecule has 0 saturated heterocycles. The number of nitrogens with zero attached hydrogens (tertiary/aromatic N) is 2. The first-order valence-electron chi connectivity index (χ1n) is 7.65.